The molecule has 3 rings (SSSR count). The lowest BCUT2D eigenvalue weighted by molar-refractivity contribution is -0.0607. The standard InChI is InChI=1S/C23H27N3O3/c1-16(17-5-7-18(8-6-17)19-9-10-20(27)25-13-19)26-12-11-23(4,29-21(26)28)14-22(2,3)15-24/h5-10,13,16H,11-12,14H2,1-4H3,(H,25,27)/t16-,23-/m0/s1. The lowest BCUT2D eigenvalue weighted by Crippen LogP contribution is -2.50. The van der Waals surface area contributed by atoms with Crippen LogP contribution in [0.15, 0.2) is 47.4 Å². The Bertz CT molecular complexity index is 967. The molecule has 0 saturated carbocycles. The van der Waals surface area contributed by atoms with Gasteiger partial charge in [0.1, 0.15) is 5.60 Å². The van der Waals surface area contributed by atoms with Crippen molar-refractivity contribution in [1.29, 1.82) is 5.26 Å². The highest BCUT2D eigenvalue weighted by molar-refractivity contribution is 5.70. The Hall–Kier alpha value is -3.07. The summed E-state index contributed by atoms with van der Waals surface area (Å²) in [4.78, 5) is 28.3. The van der Waals surface area contributed by atoms with Gasteiger partial charge in [-0.2, -0.15) is 5.26 Å². The SMILES string of the molecule is C[C@@H](c1ccc(-c2ccc(=O)[nH]c2)cc1)N1CC[C@@](C)(CC(C)(C)C#N)OC1=O. The van der Waals surface area contributed by atoms with E-state index in [0.717, 1.165) is 16.7 Å². The monoisotopic (exact) mass is 393 g/mol. The van der Waals surface area contributed by atoms with Gasteiger partial charge in [-0.15, -0.1) is 0 Å². The van der Waals surface area contributed by atoms with Crippen molar-refractivity contribution in [2.75, 3.05) is 6.54 Å². The fourth-order valence-electron chi connectivity index (χ4n) is 3.94. The van der Waals surface area contributed by atoms with Crippen molar-refractivity contribution in [3.05, 3.63) is 58.5 Å². The first-order valence-corrected chi connectivity index (χ1v) is 9.82. The third-order valence-corrected chi connectivity index (χ3v) is 5.55. The average Bonchev–Trinajstić information content (AvgIpc) is 2.67. The molecule has 1 aliphatic heterocycles. The highest BCUT2D eigenvalue weighted by Gasteiger charge is 2.42. The van der Waals surface area contributed by atoms with Gasteiger partial charge in [0, 0.05) is 31.6 Å². The number of pyridine rings is 1. The van der Waals surface area contributed by atoms with Crippen LogP contribution in [0.2, 0.25) is 0 Å². The summed E-state index contributed by atoms with van der Waals surface area (Å²) in [6.45, 7) is 8.21. The van der Waals surface area contributed by atoms with Crippen molar-refractivity contribution in [2.45, 2.75) is 52.2 Å². The molecule has 6 heteroatoms. The van der Waals surface area contributed by atoms with E-state index in [4.69, 9.17) is 4.74 Å². The zero-order chi connectivity index (χ0) is 21.2. The Balaban J connectivity index is 1.70. The van der Waals surface area contributed by atoms with Gasteiger partial charge in [0.05, 0.1) is 17.5 Å². The van der Waals surface area contributed by atoms with Crippen LogP contribution in [0, 0.1) is 16.7 Å². The number of carbonyl (C=O) groups excluding carboxylic acids is 1. The molecule has 1 amide bonds. The molecule has 2 atom stereocenters. The minimum Gasteiger partial charge on any atom is -0.443 e. The molecular formula is C23H27N3O3. The number of nitriles is 1. The predicted molar refractivity (Wildman–Crippen MR) is 111 cm³/mol. The van der Waals surface area contributed by atoms with Gasteiger partial charge in [-0.25, -0.2) is 4.79 Å². The topological polar surface area (TPSA) is 86.2 Å². The Morgan fingerprint density at radius 2 is 1.86 bits per heavy atom. The summed E-state index contributed by atoms with van der Waals surface area (Å²) in [5, 5.41) is 9.29. The third-order valence-electron chi connectivity index (χ3n) is 5.55. The van der Waals surface area contributed by atoms with Gasteiger partial charge < -0.3 is 14.6 Å². The summed E-state index contributed by atoms with van der Waals surface area (Å²) in [5.41, 5.74) is 1.63. The second-order valence-corrected chi connectivity index (χ2v) is 8.67. The van der Waals surface area contributed by atoms with Crippen molar-refractivity contribution >= 4 is 6.09 Å². The van der Waals surface area contributed by atoms with Crippen LogP contribution in [0.3, 0.4) is 0 Å². The second kappa shape index (κ2) is 7.75. The number of nitrogens with one attached hydrogen (secondary N) is 1. The van der Waals surface area contributed by atoms with Crippen LogP contribution in [0.25, 0.3) is 11.1 Å². The van der Waals surface area contributed by atoms with Gasteiger partial charge in [0.25, 0.3) is 0 Å². The Morgan fingerprint density at radius 3 is 2.41 bits per heavy atom. The zero-order valence-corrected chi connectivity index (χ0v) is 17.4. The van der Waals surface area contributed by atoms with E-state index in [-0.39, 0.29) is 17.7 Å². The largest absolute Gasteiger partial charge is 0.443 e. The Kier molecular flexibility index (Phi) is 5.52. The Labute approximate surface area is 171 Å². The van der Waals surface area contributed by atoms with Crippen molar-refractivity contribution < 1.29 is 9.53 Å². The van der Waals surface area contributed by atoms with E-state index in [9.17, 15) is 14.9 Å². The zero-order valence-electron chi connectivity index (χ0n) is 17.4. The number of cyclic esters (lactones) is 1. The normalized spacial score (nSPS) is 20.7. The van der Waals surface area contributed by atoms with Gasteiger partial charge in [-0.1, -0.05) is 24.3 Å². The minimum absolute atomic E-state index is 0.124. The molecule has 1 N–H and O–H groups in total. The van der Waals surface area contributed by atoms with Crippen LogP contribution < -0.4 is 5.56 Å². The third kappa shape index (κ3) is 4.68. The summed E-state index contributed by atoms with van der Waals surface area (Å²) < 4.78 is 5.77. The van der Waals surface area contributed by atoms with Crippen LogP contribution in [-0.4, -0.2) is 28.1 Å². The van der Waals surface area contributed by atoms with E-state index in [1.807, 2.05) is 52.0 Å². The molecule has 0 spiro atoms. The van der Waals surface area contributed by atoms with Gasteiger partial charge in [0.2, 0.25) is 5.56 Å². The number of ether oxygens (including phenoxy) is 1. The van der Waals surface area contributed by atoms with Gasteiger partial charge in [-0.3, -0.25) is 4.79 Å². The molecule has 1 aromatic heterocycles. The lowest BCUT2D eigenvalue weighted by atomic mass is 9.80. The Morgan fingerprint density at radius 1 is 1.21 bits per heavy atom. The van der Waals surface area contributed by atoms with Crippen LogP contribution in [-0.2, 0) is 4.74 Å². The van der Waals surface area contributed by atoms with E-state index in [1.54, 1.807) is 17.2 Å². The summed E-state index contributed by atoms with van der Waals surface area (Å²) in [6, 6.07) is 13.4. The molecule has 1 fully saturated rings. The molecule has 2 heterocycles. The number of nitrogens with zero attached hydrogens (tertiary/aromatic N) is 2. The number of carbonyl (C=O) groups is 1. The van der Waals surface area contributed by atoms with Gasteiger partial charge in [-0.05, 0) is 50.5 Å². The van der Waals surface area contributed by atoms with Gasteiger partial charge in [0.15, 0.2) is 0 Å². The molecule has 29 heavy (non-hydrogen) atoms. The van der Waals surface area contributed by atoms with Crippen LogP contribution in [0.5, 0.6) is 0 Å². The molecule has 1 aromatic carbocycles. The first-order chi connectivity index (χ1) is 13.6. The fourth-order valence-corrected chi connectivity index (χ4v) is 3.94. The molecule has 0 unspecified atom stereocenters. The first-order valence-electron chi connectivity index (χ1n) is 9.82. The summed E-state index contributed by atoms with van der Waals surface area (Å²) >= 11 is 0. The van der Waals surface area contributed by atoms with Crippen LogP contribution in [0.1, 0.15) is 52.1 Å². The highest BCUT2D eigenvalue weighted by atomic mass is 16.6. The average molecular weight is 393 g/mol. The fraction of sp³-hybridized carbons (Fsp3) is 0.435. The van der Waals surface area contributed by atoms with Crippen molar-refractivity contribution in [3.8, 4) is 17.2 Å². The molecule has 0 aliphatic carbocycles. The number of aromatic nitrogens is 1. The van der Waals surface area contributed by atoms with Crippen molar-refractivity contribution in [3.63, 3.8) is 0 Å². The van der Waals surface area contributed by atoms with E-state index in [0.29, 0.717) is 19.4 Å². The molecule has 1 saturated heterocycles. The highest BCUT2D eigenvalue weighted by Crippen LogP contribution is 2.37. The number of benzene rings is 1. The first kappa shape index (κ1) is 20.7. The minimum atomic E-state index is -0.624. The number of aromatic amines is 1. The molecule has 0 bridgehead atoms. The predicted octanol–water partition coefficient (Wildman–Crippen LogP) is 4.64. The molecular weight excluding hydrogens is 366 g/mol. The van der Waals surface area contributed by atoms with E-state index < -0.39 is 11.0 Å². The summed E-state index contributed by atoms with van der Waals surface area (Å²) in [6.07, 6.45) is 2.54. The summed E-state index contributed by atoms with van der Waals surface area (Å²) in [7, 11) is 0. The van der Waals surface area contributed by atoms with Crippen LogP contribution in [0.4, 0.5) is 4.79 Å². The lowest BCUT2D eigenvalue weighted by Gasteiger charge is -2.43. The number of hydrogen-bond acceptors (Lipinski definition) is 4. The van der Waals surface area contributed by atoms with E-state index >= 15 is 0 Å². The van der Waals surface area contributed by atoms with E-state index in [1.165, 1.54) is 6.07 Å². The maximum Gasteiger partial charge on any atom is 0.410 e. The molecule has 0 radical (unpaired) electrons. The van der Waals surface area contributed by atoms with Crippen molar-refractivity contribution in [2.24, 2.45) is 5.41 Å². The van der Waals surface area contributed by atoms with Crippen LogP contribution >= 0.6 is 0 Å². The molecule has 1 aliphatic rings. The molecule has 6 nitrogen and oxygen atoms in total. The maximum atomic E-state index is 12.7. The second-order valence-electron chi connectivity index (χ2n) is 8.67. The molecule has 152 valence electrons. The number of amides is 1. The number of hydrogen-bond donors (Lipinski definition) is 1. The maximum absolute atomic E-state index is 12.7. The van der Waals surface area contributed by atoms with Gasteiger partial charge >= 0.3 is 6.09 Å². The van der Waals surface area contributed by atoms with E-state index in [2.05, 4.69) is 11.1 Å². The number of rotatable bonds is 5. The summed E-state index contributed by atoms with van der Waals surface area (Å²) in [5.74, 6) is 0. The number of H-pyrrole nitrogens is 1. The molecule has 2 aromatic rings. The smallest absolute Gasteiger partial charge is 0.410 e. The quantitative estimate of drug-likeness (QED) is 0.801. The van der Waals surface area contributed by atoms with Crippen molar-refractivity contribution in [1.82, 2.24) is 9.88 Å².